The number of aryl methyl sites for hydroxylation is 1. The maximum absolute atomic E-state index is 12.9. The third-order valence-corrected chi connectivity index (χ3v) is 5.63. The van der Waals surface area contributed by atoms with Crippen molar-refractivity contribution in [1.82, 2.24) is 15.2 Å². The number of thiocarbonyl (C=S) groups is 1. The molecule has 1 heterocycles. The Hall–Kier alpha value is -3.06. The van der Waals surface area contributed by atoms with Crippen molar-refractivity contribution >= 4 is 28.2 Å². The van der Waals surface area contributed by atoms with Gasteiger partial charge in [0.25, 0.3) is 5.56 Å². The molecule has 0 bridgehead atoms. The Kier molecular flexibility index (Phi) is 7.75. The van der Waals surface area contributed by atoms with Crippen molar-refractivity contribution in [1.29, 1.82) is 0 Å². The molecule has 0 spiro atoms. The second-order valence-electron chi connectivity index (χ2n) is 8.34. The summed E-state index contributed by atoms with van der Waals surface area (Å²) in [6.07, 6.45) is 0. The molecule has 1 aromatic heterocycles. The summed E-state index contributed by atoms with van der Waals surface area (Å²) in [6.45, 7) is 8.10. The summed E-state index contributed by atoms with van der Waals surface area (Å²) in [5.41, 5.74) is 3.52. The lowest BCUT2D eigenvalue weighted by molar-refractivity contribution is 0.355. The number of aromatic nitrogens is 1. The number of hydrogen-bond acceptors (Lipinski definition) is 4. The molecule has 3 rings (SSSR count). The normalized spacial score (nSPS) is 10.9. The number of hydrogen-bond donors (Lipinski definition) is 2. The molecule has 0 unspecified atom stereocenters. The average molecular weight is 454 g/mol. The number of nitrogens with zero attached hydrogens (tertiary/aromatic N) is 1. The molecule has 6 nitrogen and oxygen atoms in total. The maximum atomic E-state index is 12.9. The fraction of sp³-hybridized carbons (Fsp3) is 0.360. The molecular formula is C25H31N3O3S. The van der Waals surface area contributed by atoms with E-state index >= 15 is 0 Å². The van der Waals surface area contributed by atoms with Crippen LogP contribution < -0.4 is 20.3 Å². The fourth-order valence-electron chi connectivity index (χ4n) is 3.42. The van der Waals surface area contributed by atoms with Crippen molar-refractivity contribution in [3.8, 4) is 11.5 Å². The predicted octanol–water partition coefficient (Wildman–Crippen LogP) is 4.39. The summed E-state index contributed by atoms with van der Waals surface area (Å²) in [5.74, 6) is 1.65. The SMILES string of the molecule is COc1cc2cc(CN(Cc3ccc(C)cc3)C(=S)NCC(C)C)c(=O)[nH]c2cc1OC. The van der Waals surface area contributed by atoms with E-state index in [2.05, 4.69) is 55.3 Å². The Labute approximate surface area is 194 Å². The number of pyridine rings is 1. The molecule has 170 valence electrons. The quantitative estimate of drug-likeness (QED) is 0.493. The first-order chi connectivity index (χ1) is 15.3. The van der Waals surface area contributed by atoms with E-state index in [1.807, 2.05) is 17.0 Å². The molecule has 3 aromatic rings. The molecule has 2 aromatic carbocycles. The number of benzene rings is 2. The monoisotopic (exact) mass is 453 g/mol. The van der Waals surface area contributed by atoms with Gasteiger partial charge in [0.15, 0.2) is 16.6 Å². The highest BCUT2D eigenvalue weighted by atomic mass is 32.1. The van der Waals surface area contributed by atoms with Crippen LogP contribution in [0.1, 0.15) is 30.5 Å². The van der Waals surface area contributed by atoms with Gasteiger partial charge in [0.1, 0.15) is 0 Å². The number of fused-ring (bicyclic) bond motifs is 1. The zero-order valence-electron chi connectivity index (χ0n) is 19.3. The molecule has 0 fully saturated rings. The molecule has 0 amide bonds. The van der Waals surface area contributed by atoms with Crippen LogP contribution in [0.15, 0.2) is 47.3 Å². The van der Waals surface area contributed by atoms with Gasteiger partial charge in [-0.3, -0.25) is 4.79 Å². The first kappa shape index (κ1) is 23.6. The van der Waals surface area contributed by atoms with Crippen LogP contribution in [0, 0.1) is 12.8 Å². The number of ether oxygens (including phenoxy) is 2. The maximum Gasteiger partial charge on any atom is 0.253 e. The summed E-state index contributed by atoms with van der Waals surface area (Å²) in [7, 11) is 3.17. The molecular weight excluding hydrogens is 422 g/mol. The van der Waals surface area contributed by atoms with E-state index in [0.717, 1.165) is 17.5 Å². The molecule has 0 saturated heterocycles. The van der Waals surface area contributed by atoms with Gasteiger partial charge < -0.3 is 24.7 Å². The topological polar surface area (TPSA) is 66.6 Å². The highest BCUT2D eigenvalue weighted by Crippen LogP contribution is 2.31. The second-order valence-corrected chi connectivity index (χ2v) is 8.73. The molecule has 32 heavy (non-hydrogen) atoms. The van der Waals surface area contributed by atoms with Crippen molar-refractivity contribution in [3.63, 3.8) is 0 Å². The lowest BCUT2D eigenvalue weighted by atomic mass is 10.1. The van der Waals surface area contributed by atoms with Crippen LogP contribution in [0.3, 0.4) is 0 Å². The van der Waals surface area contributed by atoms with E-state index in [4.69, 9.17) is 21.7 Å². The zero-order chi connectivity index (χ0) is 23.3. The Morgan fingerprint density at radius 2 is 1.72 bits per heavy atom. The fourth-order valence-corrected chi connectivity index (χ4v) is 3.63. The van der Waals surface area contributed by atoms with Crippen molar-refractivity contribution in [2.45, 2.75) is 33.9 Å². The largest absolute Gasteiger partial charge is 0.493 e. The molecule has 0 aliphatic heterocycles. The number of methoxy groups -OCH3 is 2. The Morgan fingerprint density at radius 1 is 1.06 bits per heavy atom. The minimum absolute atomic E-state index is 0.148. The van der Waals surface area contributed by atoms with Gasteiger partial charge in [-0.25, -0.2) is 0 Å². The highest BCUT2D eigenvalue weighted by molar-refractivity contribution is 7.80. The standard InChI is InChI=1S/C25H31N3O3S/c1-16(2)13-26-25(32)28(14-18-8-6-17(3)7-9-18)15-20-10-19-11-22(30-4)23(31-5)12-21(19)27-24(20)29/h6-12,16H,13-15H2,1-5H3,(H,26,32)(H,27,29). The van der Waals surface area contributed by atoms with Gasteiger partial charge in [-0.05, 0) is 42.8 Å². The average Bonchev–Trinajstić information content (AvgIpc) is 2.77. The number of nitrogens with one attached hydrogen (secondary N) is 2. The van der Waals surface area contributed by atoms with Crippen molar-refractivity contribution in [3.05, 3.63) is 69.5 Å². The van der Waals surface area contributed by atoms with Crippen LogP contribution in [0.5, 0.6) is 11.5 Å². The summed E-state index contributed by atoms with van der Waals surface area (Å²) in [5, 5.41) is 4.83. The van der Waals surface area contributed by atoms with Gasteiger partial charge in [0.05, 0.1) is 26.3 Å². The number of rotatable bonds is 8. The lowest BCUT2D eigenvalue weighted by Crippen LogP contribution is -2.41. The second kappa shape index (κ2) is 10.5. The van der Waals surface area contributed by atoms with Crippen molar-refractivity contribution in [2.75, 3.05) is 20.8 Å². The summed E-state index contributed by atoms with van der Waals surface area (Å²) < 4.78 is 10.8. The molecule has 0 aliphatic rings. The van der Waals surface area contributed by atoms with Gasteiger partial charge in [-0.2, -0.15) is 0 Å². The molecule has 7 heteroatoms. The van der Waals surface area contributed by atoms with Crippen LogP contribution in [-0.2, 0) is 13.1 Å². The Morgan fingerprint density at radius 3 is 2.34 bits per heavy atom. The first-order valence-corrected chi connectivity index (χ1v) is 11.1. The lowest BCUT2D eigenvalue weighted by Gasteiger charge is -2.26. The molecule has 0 aliphatic carbocycles. The van der Waals surface area contributed by atoms with Gasteiger partial charge in [0.2, 0.25) is 0 Å². The van der Waals surface area contributed by atoms with E-state index in [-0.39, 0.29) is 5.56 Å². The summed E-state index contributed by atoms with van der Waals surface area (Å²) in [6, 6.07) is 13.9. The van der Waals surface area contributed by atoms with Gasteiger partial charge in [0, 0.05) is 30.1 Å². The third-order valence-electron chi connectivity index (χ3n) is 5.23. The number of H-pyrrole nitrogens is 1. The van der Waals surface area contributed by atoms with E-state index in [1.54, 1.807) is 20.3 Å². The molecule has 0 atom stereocenters. The minimum atomic E-state index is -0.148. The third kappa shape index (κ3) is 5.79. The van der Waals surface area contributed by atoms with E-state index < -0.39 is 0 Å². The van der Waals surface area contributed by atoms with E-state index in [9.17, 15) is 4.79 Å². The molecule has 2 N–H and O–H groups in total. The summed E-state index contributed by atoms with van der Waals surface area (Å²) >= 11 is 5.70. The van der Waals surface area contributed by atoms with Gasteiger partial charge in [-0.15, -0.1) is 0 Å². The Balaban J connectivity index is 1.94. The number of aromatic amines is 1. The van der Waals surface area contributed by atoms with E-state index in [0.29, 0.717) is 46.7 Å². The summed E-state index contributed by atoms with van der Waals surface area (Å²) in [4.78, 5) is 17.9. The van der Waals surface area contributed by atoms with E-state index in [1.165, 1.54) is 5.56 Å². The van der Waals surface area contributed by atoms with Gasteiger partial charge in [-0.1, -0.05) is 43.7 Å². The highest BCUT2D eigenvalue weighted by Gasteiger charge is 2.15. The van der Waals surface area contributed by atoms with Crippen LogP contribution in [0.2, 0.25) is 0 Å². The minimum Gasteiger partial charge on any atom is -0.493 e. The Bertz CT molecular complexity index is 1140. The first-order valence-electron chi connectivity index (χ1n) is 10.7. The van der Waals surface area contributed by atoms with Gasteiger partial charge >= 0.3 is 0 Å². The van der Waals surface area contributed by atoms with Crippen LogP contribution in [0.25, 0.3) is 10.9 Å². The van der Waals surface area contributed by atoms with Crippen molar-refractivity contribution < 1.29 is 9.47 Å². The smallest absolute Gasteiger partial charge is 0.253 e. The van der Waals surface area contributed by atoms with Crippen LogP contribution in [-0.4, -0.2) is 35.8 Å². The van der Waals surface area contributed by atoms with Crippen LogP contribution in [0.4, 0.5) is 0 Å². The van der Waals surface area contributed by atoms with Crippen LogP contribution >= 0.6 is 12.2 Å². The van der Waals surface area contributed by atoms with Crippen molar-refractivity contribution in [2.24, 2.45) is 5.92 Å². The molecule has 0 radical (unpaired) electrons. The zero-order valence-corrected chi connectivity index (χ0v) is 20.1. The predicted molar refractivity (Wildman–Crippen MR) is 134 cm³/mol. The molecule has 0 saturated carbocycles.